The lowest BCUT2D eigenvalue weighted by atomic mass is 10.1. The third-order valence-corrected chi connectivity index (χ3v) is 3.10. The van der Waals surface area contributed by atoms with E-state index < -0.39 is 0 Å². The minimum atomic E-state index is 0.441. The highest BCUT2D eigenvalue weighted by atomic mass is 16.5. The molecule has 1 saturated heterocycles. The summed E-state index contributed by atoms with van der Waals surface area (Å²) in [6.07, 6.45) is 8.91. The maximum atomic E-state index is 5.69. The van der Waals surface area contributed by atoms with Crippen LogP contribution in [0.4, 0.5) is 11.4 Å². The zero-order valence-electron chi connectivity index (χ0n) is 10.4. The highest BCUT2D eigenvalue weighted by molar-refractivity contribution is 5.53. The van der Waals surface area contributed by atoms with E-state index in [1.807, 2.05) is 19.4 Å². The molecule has 4 heteroatoms. The lowest BCUT2D eigenvalue weighted by Gasteiger charge is -2.22. The van der Waals surface area contributed by atoms with Crippen LogP contribution in [0.5, 0.6) is 0 Å². The largest absolute Gasteiger partial charge is 0.387 e. The second-order valence-corrected chi connectivity index (χ2v) is 4.42. The van der Waals surface area contributed by atoms with Crippen molar-refractivity contribution in [1.82, 2.24) is 4.98 Å². The molecule has 94 valence electrons. The van der Waals surface area contributed by atoms with Gasteiger partial charge >= 0.3 is 0 Å². The molecule has 1 aliphatic rings. The molecule has 0 bridgehead atoms. The SMILES string of the molecule is CNc1cncc(NCCC2CCCCO2)c1. The fourth-order valence-electron chi connectivity index (χ4n) is 2.09. The molecule has 0 aliphatic carbocycles. The summed E-state index contributed by atoms with van der Waals surface area (Å²) in [7, 11) is 1.90. The van der Waals surface area contributed by atoms with Crippen LogP contribution in [-0.2, 0) is 4.74 Å². The van der Waals surface area contributed by atoms with Crippen LogP contribution >= 0.6 is 0 Å². The van der Waals surface area contributed by atoms with E-state index in [4.69, 9.17) is 4.74 Å². The molecule has 2 heterocycles. The third-order valence-electron chi connectivity index (χ3n) is 3.10. The molecule has 4 nitrogen and oxygen atoms in total. The summed E-state index contributed by atoms with van der Waals surface area (Å²) in [5.41, 5.74) is 2.09. The lowest BCUT2D eigenvalue weighted by molar-refractivity contribution is 0.0134. The monoisotopic (exact) mass is 235 g/mol. The van der Waals surface area contributed by atoms with Gasteiger partial charge in [-0.15, -0.1) is 0 Å². The summed E-state index contributed by atoms with van der Waals surface area (Å²) in [6, 6.07) is 2.06. The average Bonchev–Trinajstić information content (AvgIpc) is 2.40. The first-order chi connectivity index (χ1) is 8.38. The van der Waals surface area contributed by atoms with Gasteiger partial charge in [-0.1, -0.05) is 0 Å². The molecule has 1 fully saturated rings. The summed E-state index contributed by atoms with van der Waals surface area (Å²) in [5.74, 6) is 0. The van der Waals surface area contributed by atoms with Gasteiger partial charge in [0.2, 0.25) is 0 Å². The van der Waals surface area contributed by atoms with Gasteiger partial charge in [0.05, 0.1) is 29.9 Å². The molecular formula is C13H21N3O. The summed E-state index contributed by atoms with van der Waals surface area (Å²) in [6.45, 7) is 1.88. The molecule has 2 N–H and O–H groups in total. The number of anilines is 2. The number of rotatable bonds is 5. The molecule has 1 atom stereocenters. The minimum Gasteiger partial charge on any atom is -0.387 e. The molecule has 1 aliphatic heterocycles. The number of aromatic nitrogens is 1. The Morgan fingerprint density at radius 1 is 1.35 bits per heavy atom. The van der Waals surface area contributed by atoms with E-state index in [9.17, 15) is 0 Å². The van der Waals surface area contributed by atoms with Crippen LogP contribution in [0.1, 0.15) is 25.7 Å². The van der Waals surface area contributed by atoms with E-state index in [2.05, 4.69) is 21.7 Å². The van der Waals surface area contributed by atoms with Gasteiger partial charge in [0.25, 0.3) is 0 Å². The van der Waals surface area contributed by atoms with Crippen LogP contribution in [0, 0.1) is 0 Å². The predicted molar refractivity (Wildman–Crippen MR) is 70.5 cm³/mol. The van der Waals surface area contributed by atoms with Crippen LogP contribution < -0.4 is 10.6 Å². The Bertz CT molecular complexity index is 337. The number of hydrogen-bond acceptors (Lipinski definition) is 4. The molecule has 1 aromatic rings. The quantitative estimate of drug-likeness (QED) is 0.823. The van der Waals surface area contributed by atoms with Crippen molar-refractivity contribution in [2.24, 2.45) is 0 Å². The number of pyridine rings is 1. The number of ether oxygens (including phenoxy) is 1. The molecule has 0 saturated carbocycles. The normalized spacial score (nSPS) is 19.9. The van der Waals surface area contributed by atoms with Gasteiger partial charge in [-0.25, -0.2) is 0 Å². The van der Waals surface area contributed by atoms with Gasteiger partial charge < -0.3 is 15.4 Å². The highest BCUT2D eigenvalue weighted by Gasteiger charge is 2.12. The van der Waals surface area contributed by atoms with Crippen molar-refractivity contribution in [1.29, 1.82) is 0 Å². The van der Waals surface area contributed by atoms with Crippen molar-refractivity contribution >= 4 is 11.4 Å². The Kier molecular flexibility index (Phi) is 4.62. The topological polar surface area (TPSA) is 46.2 Å². The smallest absolute Gasteiger partial charge is 0.0591 e. The van der Waals surface area contributed by atoms with Crippen molar-refractivity contribution in [2.75, 3.05) is 30.8 Å². The van der Waals surface area contributed by atoms with Gasteiger partial charge in [-0.05, 0) is 31.7 Å². The summed E-state index contributed by atoms with van der Waals surface area (Å²) >= 11 is 0. The molecule has 0 aromatic carbocycles. The molecule has 1 aromatic heterocycles. The molecule has 0 amide bonds. The average molecular weight is 235 g/mol. The van der Waals surface area contributed by atoms with Gasteiger partial charge in [-0.3, -0.25) is 4.98 Å². The van der Waals surface area contributed by atoms with E-state index >= 15 is 0 Å². The number of hydrogen-bond donors (Lipinski definition) is 2. The molecule has 2 rings (SSSR count). The summed E-state index contributed by atoms with van der Waals surface area (Å²) < 4.78 is 5.69. The van der Waals surface area contributed by atoms with E-state index in [0.29, 0.717) is 6.10 Å². The third kappa shape index (κ3) is 3.89. The maximum Gasteiger partial charge on any atom is 0.0591 e. The van der Waals surface area contributed by atoms with Crippen LogP contribution in [0.15, 0.2) is 18.5 Å². The van der Waals surface area contributed by atoms with Crippen LogP contribution in [0.3, 0.4) is 0 Å². The van der Waals surface area contributed by atoms with E-state index in [1.54, 1.807) is 0 Å². The molecule has 0 spiro atoms. The Hall–Kier alpha value is -1.29. The Morgan fingerprint density at radius 3 is 3.00 bits per heavy atom. The highest BCUT2D eigenvalue weighted by Crippen LogP contribution is 2.16. The van der Waals surface area contributed by atoms with Crippen molar-refractivity contribution in [2.45, 2.75) is 31.8 Å². The van der Waals surface area contributed by atoms with Gasteiger partial charge in [0.1, 0.15) is 0 Å². The molecular weight excluding hydrogens is 214 g/mol. The van der Waals surface area contributed by atoms with Crippen LogP contribution in [0.25, 0.3) is 0 Å². The summed E-state index contributed by atoms with van der Waals surface area (Å²) in [4.78, 5) is 4.16. The standard InChI is InChI=1S/C13H21N3O/c1-14-11-8-12(10-15-9-11)16-6-5-13-4-2-3-7-17-13/h8-10,13-14,16H,2-7H2,1H3. The number of nitrogens with one attached hydrogen (secondary N) is 2. The van der Waals surface area contributed by atoms with Crippen molar-refractivity contribution in [3.63, 3.8) is 0 Å². The summed E-state index contributed by atoms with van der Waals surface area (Å²) in [5, 5.41) is 6.46. The van der Waals surface area contributed by atoms with E-state index in [0.717, 1.165) is 30.9 Å². The maximum absolute atomic E-state index is 5.69. The zero-order valence-corrected chi connectivity index (χ0v) is 10.4. The van der Waals surface area contributed by atoms with Gasteiger partial charge in [0.15, 0.2) is 0 Å². The Labute approximate surface area is 103 Å². The van der Waals surface area contributed by atoms with Gasteiger partial charge in [-0.2, -0.15) is 0 Å². The lowest BCUT2D eigenvalue weighted by Crippen LogP contribution is -2.22. The van der Waals surface area contributed by atoms with Crippen molar-refractivity contribution in [3.8, 4) is 0 Å². The van der Waals surface area contributed by atoms with E-state index in [1.165, 1.54) is 19.3 Å². The first kappa shape index (κ1) is 12.2. The van der Waals surface area contributed by atoms with Crippen LogP contribution in [0.2, 0.25) is 0 Å². The van der Waals surface area contributed by atoms with Crippen molar-refractivity contribution < 1.29 is 4.74 Å². The second kappa shape index (κ2) is 6.45. The minimum absolute atomic E-state index is 0.441. The first-order valence-electron chi connectivity index (χ1n) is 6.37. The predicted octanol–water partition coefficient (Wildman–Crippen LogP) is 2.49. The Morgan fingerprint density at radius 2 is 2.24 bits per heavy atom. The van der Waals surface area contributed by atoms with Crippen LogP contribution in [-0.4, -0.2) is 31.3 Å². The molecule has 0 radical (unpaired) electrons. The van der Waals surface area contributed by atoms with E-state index in [-0.39, 0.29) is 0 Å². The fourth-order valence-corrected chi connectivity index (χ4v) is 2.09. The fraction of sp³-hybridized carbons (Fsp3) is 0.615. The number of nitrogens with zero attached hydrogens (tertiary/aromatic N) is 1. The molecule has 1 unspecified atom stereocenters. The van der Waals surface area contributed by atoms with Crippen molar-refractivity contribution in [3.05, 3.63) is 18.5 Å². The Balaban J connectivity index is 1.73. The first-order valence-corrected chi connectivity index (χ1v) is 6.37. The second-order valence-electron chi connectivity index (χ2n) is 4.42. The zero-order chi connectivity index (χ0) is 11.9. The molecule has 17 heavy (non-hydrogen) atoms. The van der Waals surface area contributed by atoms with Gasteiger partial charge in [0, 0.05) is 20.2 Å².